The van der Waals surface area contributed by atoms with Crippen LogP contribution in [0.2, 0.25) is 0 Å². The number of alkyl halides is 3. The van der Waals surface area contributed by atoms with E-state index in [1.165, 1.54) is 22.5 Å². The van der Waals surface area contributed by atoms with E-state index >= 15 is 0 Å². The second-order valence-electron chi connectivity index (χ2n) is 6.83. The molecule has 1 heterocycles. The zero-order chi connectivity index (χ0) is 21.4. The van der Waals surface area contributed by atoms with Gasteiger partial charge in [-0.05, 0) is 48.2 Å². The minimum Gasteiger partial charge on any atom is -0.322 e. The van der Waals surface area contributed by atoms with Crippen molar-refractivity contribution in [3.63, 3.8) is 0 Å². The van der Waals surface area contributed by atoms with Gasteiger partial charge in [-0.2, -0.15) is 13.2 Å². The molecule has 9 heteroatoms. The van der Waals surface area contributed by atoms with Crippen LogP contribution in [0.25, 0.3) is 6.08 Å². The minimum absolute atomic E-state index is 0.138. The summed E-state index contributed by atoms with van der Waals surface area (Å²) in [7, 11) is -3.41. The number of benzene rings is 2. The quantitative estimate of drug-likeness (QED) is 0.802. The van der Waals surface area contributed by atoms with E-state index in [1.807, 2.05) is 0 Å². The molecule has 0 aliphatic carbocycles. The maximum Gasteiger partial charge on any atom is 0.409 e. The zero-order valence-electron chi connectivity index (χ0n) is 15.7. The molecule has 0 bridgehead atoms. The lowest BCUT2D eigenvalue weighted by Gasteiger charge is -2.17. The number of halogens is 3. The van der Waals surface area contributed by atoms with Crippen molar-refractivity contribution < 1.29 is 26.4 Å². The molecule has 0 radical (unpaired) electrons. The Labute approximate surface area is 166 Å². The average molecular weight is 424 g/mol. The monoisotopic (exact) mass is 424 g/mol. The van der Waals surface area contributed by atoms with Gasteiger partial charge in [-0.1, -0.05) is 24.3 Å². The summed E-state index contributed by atoms with van der Waals surface area (Å²) < 4.78 is 62.0. The molecule has 0 spiro atoms. The number of hydrogen-bond acceptors (Lipinski definition) is 3. The Kier molecular flexibility index (Phi) is 5.44. The summed E-state index contributed by atoms with van der Waals surface area (Å²) in [5.74, 6) is -0.433. The molecule has 0 saturated carbocycles. The smallest absolute Gasteiger partial charge is 0.322 e. The number of fused-ring (bicyclic) bond motifs is 1. The molecule has 1 amide bonds. The van der Waals surface area contributed by atoms with Gasteiger partial charge >= 0.3 is 6.18 Å². The highest BCUT2D eigenvalue weighted by Gasteiger charge is 2.26. The molecule has 29 heavy (non-hydrogen) atoms. The van der Waals surface area contributed by atoms with E-state index in [9.17, 15) is 26.4 Å². The van der Waals surface area contributed by atoms with Crippen molar-refractivity contribution in [2.75, 3.05) is 22.4 Å². The molecule has 3 rings (SSSR count). The number of sulfonamides is 1. The third-order valence-electron chi connectivity index (χ3n) is 4.56. The molecule has 5 nitrogen and oxygen atoms in total. The van der Waals surface area contributed by atoms with Crippen LogP contribution in [0.5, 0.6) is 0 Å². The summed E-state index contributed by atoms with van der Waals surface area (Å²) in [6, 6.07) is 9.45. The molecule has 1 aliphatic heterocycles. The lowest BCUT2D eigenvalue weighted by molar-refractivity contribution is -0.0790. The van der Waals surface area contributed by atoms with Crippen LogP contribution in [0, 0.1) is 6.92 Å². The second-order valence-corrected chi connectivity index (χ2v) is 8.74. The predicted molar refractivity (Wildman–Crippen MR) is 107 cm³/mol. The standard InChI is InChI=1S/C20H19F3N2O3S/c1-13-11-14(7-9-20(21,22)23)3-6-17(13)19(26)24-16-5-4-15-8-10-25(18(15)12-16)29(2,27)28/h3-7,9,11-12H,8,10H2,1-2H3,(H,24,26). The number of carbonyl (C=O) groups excluding carboxylic acids is 1. The number of rotatable bonds is 4. The van der Waals surface area contributed by atoms with E-state index in [-0.39, 0.29) is 6.08 Å². The van der Waals surface area contributed by atoms with Crippen molar-refractivity contribution in [3.05, 3.63) is 64.7 Å². The summed E-state index contributed by atoms with van der Waals surface area (Å²) in [4.78, 5) is 12.6. The number of nitrogens with one attached hydrogen (secondary N) is 1. The van der Waals surface area contributed by atoms with Crippen LogP contribution in [-0.2, 0) is 16.4 Å². The maximum atomic E-state index is 12.6. The summed E-state index contributed by atoms with van der Waals surface area (Å²) in [6.07, 6.45) is -1.60. The molecule has 1 aliphatic rings. The zero-order valence-corrected chi connectivity index (χ0v) is 16.6. The first-order chi connectivity index (χ1) is 13.4. The normalized spacial score (nSPS) is 14.3. The lowest BCUT2D eigenvalue weighted by Crippen LogP contribution is -2.27. The first kappa shape index (κ1) is 20.9. The van der Waals surface area contributed by atoms with Crippen LogP contribution in [0.4, 0.5) is 24.5 Å². The van der Waals surface area contributed by atoms with Gasteiger partial charge in [0.05, 0.1) is 11.9 Å². The van der Waals surface area contributed by atoms with Crippen LogP contribution in [0.3, 0.4) is 0 Å². The van der Waals surface area contributed by atoms with Crippen LogP contribution in [0.1, 0.15) is 27.0 Å². The van der Waals surface area contributed by atoms with Crippen molar-refractivity contribution in [2.45, 2.75) is 19.5 Å². The highest BCUT2D eigenvalue weighted by atomic mass is 32.2. The summed E-state index contributed by atoms with van der Waals surface area (Å²) in [6.45, 7) is 1.99. The summed E-state index contributed by atoms with van der Waals surface area (Å²) in [5, 5.41) is 2.72. The Bertz CT molecular complexity index is 1090. The van der Waals surface area contributed by atoms with E-state index in [1.54, 1.807) is 25.1 Å². The van der Waals surface area contributed by atoms with Crippen LogP contribution < -0.4 is 9.62 Å². The van der Waals surface area contributed by atoms with Crippen molar-refractivity contribution in [1.82, 2.24) is 0 Å². The number of aryl methyl sites for hydroxylation is 1. The average Bonchev–Trinajstić information content (AvgIpc) is 3.03. The van der Waals surface area contributed by atoms with E-state index in [0.29, 0.717) is 41.0 Å². The molecule has 2 aromatic rings. The van der Waals surface area contributed by atoms with Gasteiger partial charge in [0.15, 0.2) is 0 Å². The molecule has 0 fully saturated rings. The van der Waals surface area contributed by atoms with E-state index in [2.05, 4.69) is 5.32 Å². The van der Waals surface area contributed by atoms with E-state index in [4.69, 9.17) is 0 Å². The Morgan fingerprint density at radius 3 is 2.52 bits per heavy atom. The Balaban J connectivity index is 1.80. The van der Waals surface area contributed by atoms with Crippen molar-refractivity contribution >= 4 is 33.4 Å². The summed E-state index contributed by atoms with van der Waals surface area (Å²) >= 11 is 0. The molecule has 0 aromatic heterocycles. The van der Waals surface area contributed by atoms with Crippen molar-refractivity contribution in [2.24, 2.45) is 0 Å². The SMILES string of the molecule is Cc1cc(C=CC(F)(F)F)ccc1C(=O)Nc1ccc2c(c1)N(S(C)(=O)=O)CC2. The van der Waals surface area contributed by atoms with Gasteiger partial charge in [-0.25, -0.2) is 8.42 Å². The van der Waals surface area contributed by atoms with Gasteiger partial charge in [0, 0.05) is 23.9 Å². The van der Waals surface area contributed by atoms with Gasteiger partial charge in [0.2, 0.25) is 10.0 Å². The Hall–Kier alpha value is -2.81. The molecule has 1 N–H and O–H groups in total. The number of allylic oxidation sites excluding steroid dienone is 1. The van der Waals surface area contributed by atoms with Gasteiger partial charge in [-0.15, -0.1) is 0 Å². The topological polar surface area (TPSA) is 66.5 Å². The van der Waals surface area contributed by atoms with Crippen LogP contribution >= 0.6 is 0 Å². The van der Waals surface area contributed by atoms with Crippen molar-refractivity contribution in [3.8, 4) is 0 Å². The molecule has 154 valence electrons. The fourth-order valence-electron chi connectivity index (χ4n) is 3.21. The third kappa shape index (κ3) is 4.97. The first-order valence-electron chi connectivity index (χ1n) is 8.73. The van der Waals surface area contributed by atoms with Gasteiger partial charge in [0.25, 0.3) is 5.91 Å². The van der Waals surface area contributed by atoms with Gasteiger partial charge in [-0.3, -0.25) is 9.10 Å². The Morgan fingerprint density at radius 2 is 1.90 bits per heavy atom. The van der Waals surface area contributed by atoms with E-state index in [0.717, 1.165) is 17.9 Å². The number of amides is 1. The number of anilines is 2. The highest BCUT2D eigenvalue weighted by Crippen LogP contribution is 2.32. The lowest BCUT2D eigenvalue weighted by atomic mass is 10.0. The fraction of sp³-hybridized carbons (Fsp3) is 0.250. The fourth-order valence-corrected chi connectivity index (χ4v) is 4.16. The van der Waals surface area contributed by atoms with Crippen molar-refractivity contribution in [1.29, 1.82) is 0 Å². The number of carbonyl (C=O) groups is 1. The molecule has 0 unspecified atom stereocenters. The van der Waals surface area contributed by atoms with Gasteiger partial charge < -0.3 is 5.32 Å². The molecule has 0 atom stereocenters. The third-order valence-corrected chi connectivity index (χ3v) is 5.74. The molecular formula is C20H19F3N2O3S. The van der Waals surface area contributed by atoms with E-state index < -0.39 is 22.1 Å². The second kappa shape index (κ2) is 7.55. The van der Waals surface area contributed by atoms with Gasteiger partial charge in [0.1, 0.15) is 0 Å². The van der Waals surface area contributed by atoms with Crippen LogP contribution in [-0.4, -0.2) is 33.3 Å². The molecule has 0 saturated heterocycles. The summed E-state index contributed by atoms with van der Waals surface area (Å²) in [5.41, 5.74) is 3.02. The predicted octanol–water partition coefficient (Wildman–Crippen LogP) is 4.14. The number of nitrogens with zero attached hydrogens (tertiary/aromatic N) is 1. The molecular weight excluding hydrogens is 405 g/mol. The first-order valence-corrected chi connectivity index (χ1v) is 10.6. The maximum absolute atomic E-state index is 12.6. The highest BCUT2D eigenvalue weighted by molar-refractivity contribution is 7.92. The molecule has 2 aromatic carbocycles. The number of hydrogen-bond donors (Lipinski definition) is 1. The largest absolute Gasteiger partial charge is 0.409 e. The van der Waals surface area contributed by atoms with Crippen LogP contribution in [0.15, 0.2) is 42.5 Å². The Morgan fingerprint density at radius 1 is 1.17 bits per heavy atom. The minimum atomic E-state index is -4.41.